The van der Waals surface area contributed by atoms with Crippen molar-refractivity contribution in [2.24, 2.45) is 0 Å². The van der Waals surface area contributed by atoms with Gasteiger partial charge in [-0.15, -0.1) is 0 Å². The van der Waals surface area contributed by atoms with Gasteiger partial charge in [-0.25, -0.2) is 0 Å². The van der Waals surface area contributed by atoms with Crippen LogP contribution in [0.15, 0.2) is 30.3 Å². The van der Waals surface area contributed by atoms with Gasteiger partial charge < -0.3 is 15.0 Å². The van der Waals surface area contributed by atoms with Gasteiger partial charge in [0.15, 0.2) is 6.61 Å². The molecule has 33 heavy (non-hydrogen) atoms. The van der Waals surface area contributed by atoms with Crippen molar-refractivity contribution in [1.29, 1.82) is 0 Å². The van der Waals surface area contributed by atoms with E-state index in [0.717, 1.165) is 35.1 Å². The average molecular weight is 493 g/mol. The van der Waals surface area contributed by atoms with E-state index in [9.17, 15) is 9.59 Å². The van der Waals surface area contributed by atoms with E-state index in [1.165, 1.54) is 0 Å². The predicted molar refractivity (Wildman–Crippen MR) is 135 cm³/mol. The summed E-state index contributed by atoms with van der Waals surface area (Å²) in [5.74, 6) is 0.245. The molecule has 2 rings (SSSR count). The van der Waals surface area contributed by atoms with Crippen LogP contribution in [-0.4, -0.2) is 35.9 Å². The minimum atomic E-state index is -0.618. The molecular weight excluding hydrogens is 459 g/mol. The molecular formula is C26H34Cl2N2O3. The highest BCUT2D eigenvalue weighted by Gasteiger charge is 2.29. The molecule has 0 aliphatic carbocycles. The Morgan fingerprint density at radius 1 is 1.06 bits per heavy atom. The van der Waals surface area contributed by atoms with Gasteiger partial charge in [-0.2, -0.15) is 0 Å². The van der Waals surface area contributed by atoms with Gasteiger partial charge in [-0.1, -0.05) is 55.6 Å². The lowest BCUT2D eigenvalue weighted by atomic mass is 10.1. The van der Waals surface area contributed by atoms with Crippen molar-refractivity contribution in [1.82, 2.24) is 10.2 Å². The quantitative estimate of drug-likeness (QED) is 0.390. The van der Waals surface area contributed by atoms with Crippen LogP contribution in [-0.2, 0) is 16.1 Å². The molecule has 0 bridgehead atoms. The van der Waals surface area contributed by atoms with E-state index >= 15 is 0 Å². The molecule has 0 aromatic heterocycles. The number of ether oxygens (including phenoxy) is 1. The van der Waals surface area contributed by atoms with Crippen molar-refractivity contribution in [2.45, 2.75) is 66.5 Å². The van der Waals surface area contributed by atoms with Gasteiger partial charge in [0.1, 0.15) is 11.8 Å². The third-order valence-corrected chi connectivity index (χ3v) is 6.41. The Morgan fingerprint density at radius 2 is 1.79 bits per heavy atom. The van der Waals surface area contributed by atoms with Crippen molar-refractivity contribution in [2.75, 3.05) is 13.2 Å². The van der Waals surface area contributed by atoms with Crippen LogP contribution < -0.4 is 10.1 Å². The summed E-state index contributed by atoms with van der Waals surface area (Å²) in [6.45, 7) is 10.6. The first-order chi connectivity index (χ1) is 15.7. The number of hydrogen-bond acceptors (Lipinski definition) is 3. The molecule has 0 saturated heterocycles. The van der Waals surface area contributed by atoms with Crippen molar-refractivity contribution in [3.05, 3.63) is 62.6 Å². The number of unbranched alkanes of at least 4 members (excludes halogenated alkanes) is 1. The number of hydrogen-bond donors (Lipinski definition) is 1. The monoisotopic (exact) mass is 492 g/mol. The Bertz CT molecular complexity index is 978. The van der Waals surface area contributed by atoms with E-state index in [-0.39, 0.29) is 25.0 Å². The highest BCUT2D eigenvalue weighted by molar-refractivity contribution is 6.42. The summed E-state index contributed by atoms with van der Waals surface area (Å²) in [4.78, 5) is 27.8. The van der Waals surface area contributed by atoms with Crippen LogP contribution in [0.2, 0.25) is 10.0 Å². The van der Waals surface area contributed by atoms with Crippen LogP contribution >= 0.6 is 23.2 Å². The molecule has 0 heterocycles. The molecule has 0 radical (unpaired) electrons. The summed E-state index contributed by atoms with van der Waals surface area (Å²) in [5, 5.41) is 3.80. The van der Waals surface area contributed by atoms with Gasteiger partial charge in [-0.05, 0) is 74.1 Å². The molecule has 2 aromatic rings. The standard InChI is InChI=1S/C26H34Cl2N2O3/c1-6-8-11-29-26(32)23(7-2)30(15-20-9-10-21(27)22(28)14-20)25(31)16-33-24-13-17(3)12-18(4)19(24)5/h9-10,12-14,23H,6-8,11,15-16H2,1-5H3,(H,29,32)/t23-/m1/s1. The summed E-state index contributed by atoms with van der Waals surface area (Å²) >= 11 is 12.2. The lowest BCUT2D eigenvalue weighted by molar-refractivity contribution is -0.143. The second-order valence-electron chi connectivity index (χ2n) is 8.33. The van der Waals surface area contributed by atoms with Crippen molar-refractivity contribution >= 4 is 35.0 Å². The first kappa shape index (κ1) is 27.0. The maximum absolute atomic E-state index is 13.4. The number of halogens is 2. The van der Waals surface area contributed by atoms with Crippen LogP contribution in [0.3, 0.4) is 0 Å². The normalized spacial score (nSPS) is 11.7. The lowest BCUT2D eigenvalue weighted by Crippen LogP contribution is -2.50. The number of rotatable bonds is 11. The first-order valence-corrected chi connectivity index (χ1v) is 12.1. The Balaban J connectivity index is 2.26. The zero-order valence-corrected chi connectivity index (χ0v) is 21.6. The van der Waals surface area contributed by atoms with Gasteiger partial charge in [0, 0.05) is 13.1 Å². The summed E-state index contributed by atoms with van der Waals surface area (Å²) in [5.41, 5.74) is 3.95. The number of carbonyl (C=O) groups excluding carboxylic acids is 2. The smallest absolute Gasteiger partial charge is 0.261 e. The number of aryl methyl sites for hydroxylation is 2. The summed E-state index contributed by atoms with van der Waals surface area (Å²) in [7, 11) is 0. The van der Waals surface area contributed by atoms with Gasteiger partial charge >= 0.3 is 0 Å². The molecule has 180 valence electrons. The molecule has 0 aliphatic rings. The van der Waals surface area contributed by atoms with Crippen LogP contribution in [0, 0.1) is 20.8 Å². The van der Waals surface area contributed by atoms with Crippen LogP contribution in [0.5, 0.6) is 5.75 Å². The van der Waals surface area contributed by atoms with E-state index in [4.69, 9.17) is 27.9 Å². The van der Waals surface area contributed by atoms with E-state index in [2.05, 4.69) is 18.3 Å². The number of nitrogens with one attached hydrogen (secondary N) is 1. The Hall–Kier alpha value is -2.24. The molecule has 0 spiro atoms. The van der Waals surface area contributed by atoms with Crippen molar-refractivity contribution < 1.29 is 14.3 Å². The SMILES string of the molecule is CCCCNC(=O)[C@@H](CC)N(Cc1ccc(Cl)c(Cl)c1)C(=O)COc1cc(C)cc(C)c1C. The van der Waals surface area contributed by atoms with E-state index < -0.39 is 6.04 Å². The highest BCUT2D eigenvalue weighted by Crippen LogP contribution is 2.25. The third-order valence-electron chi connectivity index (χ3n) is 5.67. The molecule has 1 N–H and O–H groups in total. The molecule has 0 saturated carbocycles. The first-order valence-electron chi connectivity index (χ1n) is 11.4. The Kier molecular flexibility index (Phi) is 10.5. The molecule has 2 aromatic carbocycles. The van der Waals surface area contributed by atoms with Crippen LogP contribution in [0.25, 0.3) is 0 Å². The molecule has 0 unspecified atom stereocenters. The minimum absolute atomic E-state index is 0.163. The van der Waals surface area contributed by atoms with Gasteiger partial charge in [0.2, 0.25) is 5.91 Å². The highest BCUT2D eigenvalue weighted by atomic mass is 35.5. The number of nitrogens with zero attached hydrogens (tertiary/aromatic N) is 1. The molecule has 0 aliphatic heterocycles. The van der Waals surface area contributed by atoms with Crippen molar-refractivity contribution in [3.8, 4) is 5.75 Å². The maximum Gasteiger partial charge on any atom is 0.261 e. The lowest BCUT2D eigenvalue weighted by Gasteiger charge is -2.31. The molecule has 7 heteroatoms. The van der Waals surface area contributed by atoms with E-state index in [0.29, 0.717) is 28.8 Å². The summed E-state index contributed by atoms with van der Waals surface area (Å²) in [6, 6.07) is 8.61. The molecule has 5 nitrogen and oxygen atoms in total. The molecule has 2 amide bonds. The fraction of sp³-hybridized carbons (Fsp3) is 0.462. The fourth-order valence-corrected chi connectivity index (χ4v) is 3.95. The maximum atomic E-state index is 13.4. The number of benzene rings is 2. The van der Waals surface area contributed by atoms with E-state index in [1.807, 2.05) is 39.8 Å². The molecule has 1 atom stereocenters. The largest absolute Gasteiger partial charge is 0.483 e. The van der Waals surface area contributed by atoms with Crippen LogP contribution in [0.4, 0.5) is 0 Å². The van der Waals surface area contributed by atoms with Gasteiger partial charge in [-0.3, -0.25) is 9.59 Å². The fourth-order valence-electron chi connectivity index (χ4n) is 3.63. The number of carbonyl (C=O) groups is 2. The van der Waals surface area contributed by atoms with Gasteiger partial charge in [0.25, 0.3) is 5.91 Å². The summed E-state index contributed by atoms with van der Waals surface area (Å²) in [6.07, 6.45) is 2.34. The predicted octanol–water partition coefficient (Wildman–Crippen LogP) is 6.02. The third kappa shape index (κ3) is 7.65. The minimum Gasteiger partial charge on any atom is -0.483 e. The van der Waals surface area contributed by atoms with Crippen molar-refractivity contribution in [3.63, 3.8) is 0 Å². The van der Waals surface area contributed by atoms with E-state index in [1.54, 1.807) is 17.0 Å². The van der Waals surface area contributed by atoms with Gasteiger partial charge in [0.05, 0.1) is 10.0 Å². The Labute approximate surface area is 207 Å². The second-order valence-corrected chi connectivity index (χ2v) is 9.15. The summed E-state index contributed by atoms with van der Waals surface area (Å²) < 4.78 is 5.92. The zero-order chi connectivity index (χ0) is 24.5. The zero-order valence-electron chi connectivity index (χ0n) is 20.1. The second kappa shape index (κ2) is 12.9. The average Bonchev–Trinajstić information content (AvgIpc) is 2.77. The number of amides is 2. The Morgan fingerprint density at radius 3 is 2.42 bits per heavy atom. The van der Waals surface area contributed by atoms with Crippen LogP contribution in [0.1, 0.15) is 55.4 Å². The molecule has 0 fully saturated rings. The topological polar surface area (TPSA) is 58.6 Å².